The second kappa shape index (κ2) is 6.41. The Kier molecular flexibility index (Phi) is 4.34. The van der Waals surface area contributed by atoms with Crippen LogP contribution >= 0.6 is 0 Å². The molecule has 1 unspecified atom stereocenters. The van der Waals surface area contributed by atoms with E-state index in [0.717, 1.165) is 12.8 Å². The lowest BCUT2D eigenvalue weighted by molar-refractivity contribution is -0.142. The zero-order chi connectivity index (χ0) is 15.5. The van der Waals surface area contributed by atoms with Gasteiger partial charge in [-0.25, -0.2) is 4.68 Å². The summed E-state index contributed by atoms with van der Waals surface area (Å²) < 4.78 is 6.63. The van der Waals surface area contributed by atoms with Crippen LogP contribution in [0.5, 0.6) is 0 Å². The predicted molar refractivity (Wildman–Crippen MR) is 74.8 cm³/mol. The molecule has 0 bridgehead atoms. The van der Waals surface area contributed by atoms with Gasteiger partial charge in [-0.3, -0.25) is 9.59 Å². The Labute approximate surface area is 127 Å². The molecule has 3 rings (SSSR count). The molecule has 1 aromatic rings. The SMILES string of the molecule is O=C(Nc1cn(CC(=O)N2CCOCC2CO)nn1)C1CC1. The van der Waals surface area contributed by atoms with Crippen molar-refractivity contribution in [3.8, 4) is 0 Å². The lowest BCUT2D eigenvalue weighted by Gasteiger charge is -2.34. The molecule has 9 nitrogen and oxygen atoms in total. The molecule has 1 aliphatic heterocycles. The third-order valence-electron chi connectivity index (χ3n) is 3.79. The van der Waals surface area contributed by atoms with Crippen LogP contribution in [0.4, 0.5) is 5.82 Å². The molecule has 2 N–H and O–H groups in total. The van der Waals surface area contributed by atoms with Gasteiger partial charge in [0.15, 0.2) is 5.82 Å². The Morgan fingerprint density at radius 3 is 3.00 bits per heavy atom. The molecule has 1 aliphatic carbocycles. The minimum Gasteiger partial charge on any atom is -0.394 e. The average molecular weight is 309 g/mol. The Bertz CT molecular complexity index is 556. The smallest absolute Gasteiger partial charge is 0.244 e. The lowest BCUT2D eigenvalue weighted by Crippen LogP contribution is -2.51. The molecule has 2 aliphatic rings. The number of nitrogens with zero attached hydrogens (tertiary/aromatic N) is 4. The number of anilines is 1. The molecule has 1 aromatic heterocycles. The van der Waals surface area contributed by atoms with Crippen LogP contribution in [0.15, 0.2) is 6.20 Å². The fraction of sp³-hybridized carbons (Fsp3) is 0.692. The Morgan fingerprint density at radius 1 is 1.45 bits per heavy atom. The van der Waals surface area contributed by atoms with Crippen LogP contribution in [0.1, 0.15) is 12.8 Å². The first-order valence-corrected chi connectivity index (χ1v) is 7.36. The van der Waals surface area contributed by atoms with Gasteiger partial charge in [0, 0.05) is 12.5 Å². The van der Waals surface area contributed by atoms with Crippen molar-refractivity contribution in [2.75, 3.05) is 31.7 Å². The van der Waals surface area contributed by atoms with Gasteiger partial charge in [-0.1, -0.05) is 5.21 Å². The number of hydrogen-bond acceptors (Lipinski definition) is 6. The molecule has 22 heavy (non-hydrogen) atoms. The first-order chi connectivity index (χ1) is 10.7. The van der Waals surface area contributed by atoms with Crippen LogP contribution in [0.25, 0.3) is 0 Å². The van der Waals surface area contributed by atoms with E-state index in [1.54, 1.807) is 4.90 Å². The Hall–Kier alpha value is -2.00. The van der Waals surface area contributed by atoms with E-state index in [-0.39, 0.29) is 36.9 Å². The Morgan fingerprint density at radius 2 is 2.27 bits per heavy atom. The second-order valence-electron chi connectivity index (χ2n) is 5.56. The molecular formula is C13H19N5O4. The van der Waals surface area contributed by atoms with Crippen LogP contribution in [0.3, 0.4) is 0 Å². The van der Waals surface area contributed by atoms with Gasteiger partial charge in [0.1, 0.15) is 6.54 Å². The summed E-state index contributed by atoms with van der Waals surface area (Å²) in [6, 6.07) is -0.321. The zero-order valence-electron chi connectivity index (χ0n) is 12.1. The van der Waals surface area contributed by atoms with Crippen molar-refractivity contribution in [2.24, 2.45) is 5.92 Å². The summed E-state index contributed by atoms with van der Waals surface area (Å²) >= 11 is 0. The standard InChI is InChI=1S/C13H19N5O4/c19-7-10-8-22-4-3-18(10)12(20)6-17-5-11(15-16-17)14-13(21)9-1-2-9/h5,9-10,19H,1-4,6-8H2,(H,14,21). The number of amides is 2. The predicted octanol–water partition coefficient (Wildman–Crippen LogP) is -1.15. The molecule has 2 fully saturated rings. The molecule has 2 heterocycles. The third kappa shape index (κ3) is 3.42. The van der Waals surface area contributed by atoms with Crippen molar-refractivity contribution < 1.29 is 19.4 Å². The number of carbonyl (C=O) groups is 2. The van der Waals surface area contributed by atoms with Gasteiger partial charge in [-0.05, 0) is 12.8 Å². The van der Waals surface area contributed by atoms with Gasteiger partial charge in [0.2, 0.25) is 11.8 Å². The van der Waals surface area contributed by atoms with Crippen LogP contribution in [0, 0.1) is 5.92 Å². The first-order valence-electron chi connectivity index (χ1n) is 7.36. The number of carbonyl (C=O) groups excluding carboxylic acids is 2. The number of morpholine rings is 1. The maximum atomic E-state index is 12.3. The highest BCUT2D eigenvalue weighted by molar-refractivity contribution is 5.93. The summed E-state index contributed by atoms with van der Waals surface area (Å²) in [4.78, 5) is 25.5. The summed E-state index contributed by atoms with van der Waals surface area (Å²) in [5, 5.41) is 19.6. The molecule has 1 saturated carbocycles. The normalized spacial score (nSPS) is 21.7. The van der Waals surface area contributed by atoms with Crippen molar-refractivity contribution in [1.29, 1.82) is 0 Å². The largest absolute Gasteiger partial charge is 0.394 e. The first kappa shape index (κ1) is 14.9. The molecule has 1 saturated heterocycles. The van der Waals surface area contributed by atoms with E-state index in [9.17, 15) is 14.7 Å². The fourth-order valence-corrected chi connectivity index (χ4v) is 2.37. The van der Waals surface area contributed by atoms with Gasteiger partial charge in [0.25, 0.3) is 0 Å². The van der Waals surface area contributed by atoms with E-state index in [1.165, 1.54) is 10.9 Å². The van der Waals surface area contributed by atoms with E-state index in [1.807, 2.05) is 0 Å². The lowest BCUT2D eigenvalue weighted by atomic mass is 10.2. The highest BCUT2D eigenvalue weighted by Gasteiger charge is 2.30. The fourth-order valence-electron chi connectivity index (χ4n) is 2.37. The summed E-state index contributed by atoms with van der Waals surface area (Å²) in [6.45, 7) is 1.13. The van der Waals surface area contributed by atoms with Gasteiger partial charge in [0.05, 0.1) is 32.1 Å². The van der Waals surface area contributed by atoms with E-state index in [4.69, 9.17) is 4.74 Å². The Balaban J connectivity index is 1.56. The second-order valence-corrected chi connectivity index (χ2v) is 5.56. The molecule has 0 spiro atoms. The van der Waals surface area contributed by atoms with Gasteiger partial charge in [-0.15, -0.1) is 5.10 Å². The van der Waals surface area contributed by atoms with Crippen molar-refractivity contribution in [3.05, 3.63) is 6.20 Å². The van der Waals surface area contributed by atoms with Crippen molar-refractivity contribution in [1.82, 2.24) is 19.9 Å². The van der Waals surface area contributed by atoms with Gasteiger partial charge < -0.3 is 20.1 Å². The topological polar surface area (TPSA) is 110 Å². The maximum absolute atomic E-state index is 12.3. The highest BCUT2D eigenvalue weighted by Crippen LogP contribution is 2.29. The number of hydrogen-bond donors (Lipinski definition) is 2. The van der Waals surface area contributed by atoms with Gasteiger partial charge >= 0.3 is 0 Å². The van der Waals surface area contributed by atoms with Gasteiger partial charge in [-0.2, -0.15) is 0 Å². The zero-order valence-corrected chi connectivity index (χ0v) is 12.1. The number of aromatic nitrogens is 3. The molecule has 0 radical (unpaired) electrons. The van der Waals surface area contributed by atoms with Crippen molar-refractivity contribution >= 4 is 17.6 Å². The van der Waals surface area contributed by atoms with E-state index >= 15 is 0 Å². The summed E-state index contributed by atoms with van der Waals surface area (Å²) in [7, 11) is 0. The molecule has 9 heteroatoms. The van der Waals surface area contributed by atoms with Crippen LogP contribution in [-0.2, 0) is 20.9 Å². The summed E-state index contributed by atoms with van der Waals surface area (Å²) in [6.07, 6.45) is 3.36. The molecule has 1 atom stereocenters. The highest BCUT2D eigenvalue weighted by atomic mass is 16.5. The molecule has 0 aromatic carbocycles. The monoisotopic (exact) mass is 309 g/mol. The van der Waals surface area contributed by atoms with E-state index in [0.29, 0.717) is 25.6 Å². The van der Waals surface area contributed by atoms with Crippen LogP contribution in [0.2, 0.25) is 0 Å². The van der Waals surface area contributed by atoms with Crippen molar-refractivity contribution in [3.63, 3.8) is 0 Å². The summed E-state index contributed by atoms with van der Waals surface area (Å²) in [5.74, 6) is 0.232. The van der Waals surface area contributed by atoms with E-state index in [2.05, 4.69) is 15.6 Å². The minimum atomic E-state index is -0.321. The number of rotatable bonds is 5. The summed E-state index contributed by atoms with van der Waals surface area (Å²) in [5.41, 5.74) is 0. The number of aliphatic hydroxyl groups excluding tert-OH is 1. The van der Waals surface area contributed by atoms with E-state index < -0.39 is 0 Å². The van der Waals surface area contributed by atoms with Crippen LogP contribution < -0.4 is 5.32 Å². The number of ether oxygens (including phenoxy) is 1. The average Bonchev–Trinajstić information content (AvgIpc) is 3.30. The molecule has 2 amide bonds. The molecular weight excluding hydrogens is 290 g/mol. The number of aliphatic hydroxyl groups is 1. The van der Waals surface area contributed by atoms with Crippen molar-refractivity contribution in [2.45, 2.75) is 25.4 Å². The quantitative estimate of drug-likeness (QED) is 0.710. The maximum Gasteiger partial charge on any atom is 0.244 e. The van der Waals surface area contributed by atoms with Crippen LogP contribution in [-0.4, -0.2) is 69.2 Å². The minimum absolute atomic E-state index is 0.0167. The third-order valence-corrected chi connectivity index (χ3v) is 3.79. The number of nitrogens with one attached hydrogen (secondary N) is 1. The molecule has 120 valence electrons.